The fraction of sp³-hybridized carbons (Fsp3) is 0.235. The van der Waals surface area contributed by atoms with E-state index in [-0.39, 0.29) is 45.5 Å². The molecule has 0 aromatic heterocycles. The number of hydrogen-bond donors (Lipinski definition) is 1. The fourth-order valence-electron chi connectivity index (χ4n) is 2.03. The summed E-state index contributed by atoms with van der Waals surface area (Å²) in [5, 5.41) is 3.35. The third-order valence-corrected chi connectivity index (χ3v) is 4.28. The molecule has 146 valence electrons. The summed E-state index contributed by atoms with van der Waals surface area (Å²) in [6.07, 6.45) is 0. The lowest BCUT2D eigenvalue weighted by Gasteiger charge is -2.12. The molecule has 2 rings (SSSR count). The maximum absolute atomic E-state index is 12.3. The summed E-state index contributed by atoms with van der Waals surface area (Å²) >= 11 is 17.7. The third-order valence-electron chi connectivity index (χ3n) is 3.27. The molecule has 0 atom stereocenters. The van der Waals surface area contributed by atoms with E-state index >= 15 is 0 Å². The van der Waals surface area contributed by atoms with Gasteiger partial charge in [0, 0.05) is 12.6 Å². The zero-order chi connectivity index (χ0) is 20.0. The van der Waals surface area contributed by atoms with Crippen molar-refractivity contribution >= 4 is 40.7 Å². The van der Waals surface area contributed by atoms with Crippen LogP contribution in [0.3, 0.4) is 0 Å². The Kier molecular flexibility index (Phi) is 7.77. The second-order valence-corrected chi connectivity index (χ2v) is 6.35. The van der Waals surface area contributed by atoms with Gasteiger partial charge in [-0.3, -0.25) is 4.79 Å². The molecule has 0 bridgehead atoms. The maximum Gasteiger partial charge on any atom is 0.387 e. The number of ether oxygens (including phenoxy) is 3. The zero-order valence-electron chi connectivity index (χ0n) is 13.9. The van der Waals surface area contributed by atoms with E-state index in [0.29, 0.717) is 5.56 Å². The van der Waals surface area contributed by atoms with Gasteiger partial charge in [-0.15, -0.1) is 0 Å². The van der Waals surface area contributed by atoms with Crippen molar-refractivity contribution in [3.8, 4) is 17.2 Å². The van der Waals surface area contributed by atoms with Gasteiger partial charge < -0.3 is 19.5 Å². The molecule has 0 unspecified atom stereocenters. The molecule has 0 fully saturated rings. The van der Waals surface area contributed by atoms with Crippen LogP contribution in [0, 0.1) is 0 Å². The Morgan fingerprint density at radius 1 is 1.04 bits per heavy atom. The van der Waals surface area contributed by atoms with Crippen molar-refractivity contribution in [2.24, 2.45) is 0 Å². The first-order valence-corrected chi connectivity index (χ1v) is 8.59. The average Bonchev–Trinajstić information content (AvgIpc) is 2.62. The molecule has 0 aliphatic heterocycles. The van der Waals surface area contributed by atoms with Gasteiger partial charge >= 0.3 is 6.61 Å². The molecule has 10 heteroatoms. The Hall–Kier alpha value is -1.96. The Bertz CT molecular complexity index is 821. The lowest BCUT2D eigenvalue weighted by atomic mass is 10.2. The zero-order valence-corrected chi connectivity index (χ0v) is 16.2. The third kappa shape index (κ3) is 6.30. The smallest absolute Gasteiger partial charge is 0.387 e. The highest BCUT2D eigenvalue weighted by atomic mass is 35.5. The predicted octanol–water partition coefficient (Wildman–Crippen LogP) is 4.95. The number of alkyl halides is 2. The minimum atomic E-state index is -2.96. The van der Waals surface area contributed by atoms with Crippen LogP contribution >= 0.6 is 34.8 Å². The number of benzene rings is 2. The Morgan fingerprint density at radius 3 is 2.41 bits per heavy atom. The molecule has 27 heavy (non-hydrogen) atoms. The molecule has 2 aromatic rings. The van der Waals surface area contributed by atoms with Crippen molar-refractivity contribution in [2.45, 2.75) is 13.2 Å². The maximum atomic E-state index is 12.3. The molecule has 2 aromatic carbocycles. The molecular formula is C17H14Cl3F2NO4. The summed E-state index contributed by atoms with van der Waals surface area (Å²) in [6, 6.07) is 7.16. The number of halogens is 5. The fourth-order valence-corrected chi connectivity index (χ4v) is 2.62. The monoisotopic (exact) mass is 439 g/mol. The van der Waals surface area contributed by atoms with Gasteiger partial charge in [0.25, 0.3) is 5.91 Å². The molecule has 0 aliphatic carbocycles. The summed E-state index contributed by atoms with van der Waals surface area (Å²) in [6.45, 7) is -3.14. The van der Waals surface area contributed by atoms with Crippen LogP contribution in [0.25, 0.3) is 0 Å². The van der Waals surface area contributed by atoms with Gasteiger partial charge in [0.2, 0.25) is 0 Å². The minimum Gasteiger partial charge on any atom is -0.493 e. The normalized spacial score (nSPS) is 10.6. The number of amides is 1. The first-order chi connectivity index (χ1) is 12.8. The molecule has 1 N–H and O–H groups in total. The lowest BCUT2D eigenvalue weighted by Crippen LogP contribution is -2.28. The van der Waals surface area contributed by atoms with Crippen molar-refractivity contribution < 1.29 is 27.8 Å². The highest BCUT2D eigenvalue weighted by molar-refractivity contribution is 6.43. The number of carbonyl (C=O) groups excluding carboxylic acids is 1. The van der Waals surface area contributed by atoms with Crippen molar-refractivity contribution in [2.75, 3.05) is 13.7 Å². The van der Waals surface area contributed by atoms with E-state index in [9.17, 15) is 13.6 Å². The largest absolute Gasteiger partial charge is 0.493 e. The standard InChI is InChI=1S/C17H14Cl3F2NO4/c1-25-15-4-9(2-3-13(15)27-17(21)22)7-23-16(24)8-26-14-6-11(19)10(18)5-12(14)20/h2-6,17H,7-8H2,1H3,(H,23,24). The van der Waals surface area contributed by atoms with Crippen LogP contribution in [-0.2, 0) is 11.3 Å². The topological polar surface area (TPSA) is 56.8 Å². The van der Waals surface area contributed by atoms with Crippen LogP contribution in [0.2, 0.25) is 15.1 Å². The van der Waals surface area contributed by atoms with Gasteiger partial charge in [0.1, 0.15) is 5.75 Å². The second kappa shape index (κ2) is 9.82. The second-order valence-electron chi connectivity index (χ2n) is 5.13. The van der Waals surface area contributed by atoms with E-state index < -0.39 is 12.5 Å². The van der Waals surface area contributed by atoms with Gasteiger partial charge in [-0.2, -0.15) is 8.78 Å². The number of methoxy groups -OCH3 is 1. The quantitative estimate of drug-likeness (QED) is 0.590. The minimum absolute atomic E-state index is 0.0971. The molecule has 0 saturated carbocycles. The van der Waals surface area contributed by atoms with Crippen LogP contribution in [0.4, 0.5) is 8.78 Å². The van der Waals surface area contributed by atoms with Gasteiger partial charge in [0.15, 0.2) is 18.1 Å². The Balaban J connectivity index is 1.91. The molecule has 0 spiro atoms. The predicted molar refractivity (Wildman–Crippen MR) is 98.4 cm³/mol. The molecule has 0 radical (unpaired) electrons. The average molecular weight is 441 g/mol. The lowest BCUT2D eigenvalue weighted by molar-refractivity contribution is -0.123. The molecule has 5 nitrogen and oxygen atoms in total. The van der Waals surface area contributed by atoms with E-state index in [1.165, 1.54) is 37.4 Å². The summed E-state index contributed by atoms with van der Waals surface area (Å²) in [7, 11) is 1.32. The van der Waals surface area contributed by atoms with Gasteiger partial charge in [-0.05, 0) is 23.8 Å². The van der Waals surface area contributed by atoms with Gasteiger partial charge in [-0.1, -0.05) is 40.9 Å². The van der Waals surface area contributed by atoms with Gasteiger partial charge in [0.05, 0.1) is 22.2 Å². The number of rotatable bonds is 8. The van der Waals surface area contributed by atoms with Crippen LogP contribution in [0.15, 0.2) is 30.3 Å². The van der Waals surface area contributed by atoms with E-state index in [0.717, 1.165) is 0 Å². The van der Waals surface area contributed by atoms with Crippen LogP contribution in [0.5, 0.6) is 17.2 Å². The highest BCUT2D eigenvalue weighted by Crippen LogP contribution is 2.33. The SMILES string of the molecule is COc1cc(CNC(=O)COc2cc(Cl)c(Cl)cc2Cl)ccc1OC(F)F. The van der Waals surface area contributed by atoms with E-state index in [4.69, 9.17) is 44.3 Å². The van der Waals surface area contributed by atoms with Crippen LogP contribution < -0.4 is 19.5 Å². The first-order valence-electron chi connectivity index (χ1n) is 7.46. The molecule has 0 heterocycles. The summed E-state index contributed by atoms with van der Waals surface area (Å²) in [5.74, 6) is -0.179. The van der Waals surface area contributed by atoms with E-state index in [2.05, 4.69) is 10.1 Å². The summed E-state index contributed by atoms with van der Waals surface area (Å²) in [5.41, 5.74) is 0.620. The van der Waals surface area contributed by atoms with E-state index in [1.54, 1.807) is 0 Å². The van der Waals surface area contributed by atoms with Crippen molar-refractivity contribution in [3.63, 3.8) is 0 Å². The Labute approximate surface area is 169 Å². The van der Waals surface area contributed by atoms with Crippen molar-refractivity contribution in [3.05, 3.63) is 51.0 Å². The highest BCUT2D eigenvalue weighted by Gasteiger charge is 2.12. The molecular weight excluding hydrogens is 427 g/mol. The Morgan fingerprint density at radius 2 is 1.74 bits per heavy atom. The molecule has 1 amide bonds. The van der Waals surface area contributed by atoms with Gasteiger partial charge in [-0.25, -0.2) is 0 Å². The summed E-state index contributed by atoms with van der Waals surface area (Å²) in [4.78, 5) is 11.9. The first kappa shape index (κ1) is 21.3. The van der Waals surface area contributed by atoms with Crippen molar-refractivity contribution in [1.29, 1.82) is 0 Å². The summed E-state index contributed by atoms with van der Waals surface area (Å²) < 4.78 is 39.3. The van der Waals surface area contributed by atoms with Crippen LogP contribution in [0.1, 0.15) is 5.56 Å². The number of hydrogen-bond acceptors (Lipinski definition) is 4. The van der Waals surface area contributed by atoms with E-state index in [1.807, 2.05) is 0 Å². The van der Waals surface area contributed by atoms with Crippen LogP contribution in [-0.4, -0.2) is 26.2 Å². The molecule has 0 saturated heterocycles. The van der Waals surface area contributed by atoms with Crippen molar-refractivity contribution in [1.82, 2.24) is 5.32 Å². The number of carbonyl (C=O) groups is 1. The number of nitrogens with one attached hydrogen (secondary N) is 1. The molecule has 0 aliphatic rings.